The Morgan fingerprint density at radius 2 is 1.68 bits per heavy atom. The van der Waals surface area contributed by atoms with Gasteiger partial charge in [-0.3, -0.25) is 4.98 Å². The van der Waals surface area contributed by atoms with E-state index < -0.39 is 20.0 Å². The van der Waals surface area contributed by atoms with Gasteiger partial charge >= 0.3 is 0 Å². The van der Waals surface area contributed by atoms with Crippen molar-refractivity contribution in [2.75, 3.05) is 12.3 Å². The number of hydrogen-bond acceptors (Lipinski definition) is 6. The minimum atomic E-state index is -3.83. The van der Waals surface area contributed by atoms with E-state index in [1.165, 1.54) is 10.4 Å². The van der Waals surface area contributed by atoms with Gasteiger partial charge < -0.3 is 4.74 Å². The fourth-order valence-corrected chi connectivity index (χ4v) is 10.6. The number of hydrogen-bond donors (Lipinski definition) is 0. The van der Waals surface area contributed by atoms with Gasteiger partial charge in [-0.2, -0.15) is 8.61 Å². The summed E-state index contributed by atoms with van der Waals surface area (Å²) in [6, 6.07) is 7.85. The molecule has 8 nitrogen and oxygen atoms in total. The fraction of sp³-hybridized carbons (Fsp3) is 0.560. The van der Waals surface area contributed by atoms with Crippen molar-refractivity contribution in [3.05, 3.63) is 52.8 Å². The maximum atomic E-state index is 13.4. The summed E-state index contributed by atoms with van der Waals surface area (Å²) < 4.78 is 62.7. The number of aromatic nitrogens is 1. The molecule has 0 saturated carbocycles. The van der Waals surface area contributed by atoms with Crippen molar-refractivity contribution in [3.8, 4) is 5.75 Å². The molecule has 202 valence electrons. The van der Waals surface area contributed by atoms with Gasteiger partial charge in [0.15, 0.2) is 0 Å². The zero-order valence-electron chi connectivity index (χ0n) is 20.4. The second-order valence-electron chi connectivity index (χ2n) is 10.0. The average molecular weight is 589 g/mol. The average Bonchev–Trinajstić information content (AvgIpc) is 3.45. The van der Waals surface area contributed by atoms with Gasteiger partial charge in [-0.05, 0) is 62.8 Å². The Hall–Kier alpha value is -1.43. The van der Waals surface area contributed by atoms with E-state index in [0.29, 0.717) is 38.6 Å². The summed E-state index contributed by atoms with van der Waals surface area (Å²) in [6.07, 6.45) is 8.69. The Morgan fingerprint density at radius 1 is 0.973 bits per heavy atom. The molecule has 4 heterocycles. The number of rotatable bonds is 9. The quantitative estimate of drug-likeness (QED) is 0.421. The van der Waals surface area contributed by atoms with E-state index >= 15 is 0 Å². The number of sulfonamides is 2. The Bertz CT molecular complexity index is 1310. The second-order valence-corrected chi connectivity index (χ2v) is 14.7. The molecule has 0 N–H and O–H groups in total. The molecule has 0 aliphatic carbocycles. The highest BCUT2D eigenvalue weighted by atomic mass is 35.5. The highest BCUT2D eigenvalue weighted by Crippen LogP contribution is 2.40. The lowest BCUT2D eigenvalue weighted by Gasteiger charge is -2.38. The van der Waals surface area contributed by atoms with E-state index in [-0.39, 0.29) is 44.9 Å². The molecule has 0 unspecified atom stereocenters. The predicted octanol–water partition coefficient (Wildman–Crippen LogP) is 4.73. The minimum Gasteiger partial charge on any atom is -0.490 e. The first kappa shape index (κ1) is 27.1. The lowest BCUT2D eigenvalue weighted by Crippen LogP contribution is -2.50. The first-order valence-corrected chi connectivity index (χ1v) is 16.5. The van der Waals surface area contributed by atoms with Crippen molar-refractivity contribution in [2.24, 2.45) is 0 Å². The lowest BCUT2D eigenvalue weighted by molar-refractivity contribution is 0.0956. The Morgan fingerprint density at radius 3 is 2.38 bits per heavy atom. The Kier molecular flexibility index (Phi) is 8.06. The number of benzene rings is 1. The number of nitrogens with zero attached hydrogens (tertiary/aromatic N) is 3. The molecule has 3 aliphatic rings. The van der Waals surface area contributed by atoms with Crippen LogP contribution in [0.15, 0.2) is 47.6 Å². The van der Waals surface area contributed by atoms with Gasteiger partial charge in [-0.1, -0.05) is 29.3 Å². The molecule has 12 heteroatoms. The van der Waals surface area contributed by atoms with Crippen LogP contribution in [0.4, 0.5) is 0 Å². The molecule has 0 amide bonds. The van der Waals surface area contributed by atoms with Crippen molar-refractivity contribution >= 4 is 43.2 Å². The van der Waals surface area contributed by atoms with Gasteiger partial charge in [0.25, 0.3) is 0 Å². The summed E-state index contributed by atoms with van der Waals surface area (Å²) in [5.41, 5.74) is 0. The van der Waals surface area contributed by atoms with Crippen LogP contribution < -0.4 is 4.74 Å². The molecule has 3 saturated heterocycles. The third kappa shape index (κ3) is 5.65. The summed E-state index contributed by atoms with van der Waals surface area (Å²) in [4.78, 5) is 4.00. The van der Waals surface area contributed by atoms with Gasteiger partial charge in [-0.15, -0.1) is 0 Å². The van der Waals surface area contributed by atoms with Gasteiger partial charge in [0.1, 0.15) is 16.7 Å². The van der Waals surface area contributed by atoms with Crippen molar-refractivity contribution < 1.29 is 21.6 Å². The molecule has 2 bridgehead atoms. The van der Waals surface area contributed by atoms with E-state index in [4.69, 9.17) is 27.9 Å². The van der Waals surface area contributed by atoms with Gasteiger partial charge in [-0.25, -0.2) is 16.8 Å². The van der Waals surface area contributed by atoms with Crippen LogP contribution in [0.3, 0.4) is 0 Å². The summed E-state index contributed by atoms with van der Waals surface area (Å²) in [7, 11) is -7.29. The third-order valence-electron chi connectivity index (χ3n) is 7.66. The second kappa shape index (κ2) is 11.0. The van der Waals surface area contributed by atoms with Crippen LogP contribution in [-0.4, -0.2) is 67.0 Å². The van der Waals surface area contributed by atoms with Crippen LogP contribution in [0.25, 0.3) is 0 Å². The van der Waals surface area contributed by atoms with Crippen molar-refractivity contribution in [1.29, 1.82) is 0 Å². The largest absolute Gasteiger partial charge is 0.490 e. The molecule has 3 aliphatic heterocycles. The Labute approximate surface area is 229 Å². The third-order valence-corrected chi connectivity index (χ3v) is 12.6. The van der Waals surface area contributed by atoms with E-state index in [0.717, 1.165) is 25.0 Å². The maximum absolute atomic E-state index is 13.4. The number of ether oxygens (including phenoxy) is 1. The molecular formula is C25H31Cl2N3O5S2. The van der Waals surface area contributed by atoms with Crippen LogP contribution in [-0.2, 0) is 20.0 Å². The van der Waals surface area contributed by atoms with Gasteiger partial charge in [0.2, 0.25) is 20.0 Å². The zero-order valence-corrected chi connectivity index (χ0v) is 23.5. The molecule has 1 aromatic carbocycles. The number of pyridine rings is 1. The highest BCUT2D eigenvalue weighted by molar-refractivity contribution is 7.89. The first-order chi connectivity index (χ1) is 17.7. The standard InChI is InChI=1S/C25H31Cl2N3O5S2/c26-23-6-1-7-24(25(23)27)37(33,34)29-14-2-4-18(29)5-3-15-36(31,32)30-19-8-9-20(30)17-22(16-19)35-21-10-12-28-13-11-21/h1,6-7,10-13,18-20,22H,2-5,8-9,14-17H2/t18-,19-,20+,22+/m0/s1. The molecule has 2 aromatic rings. The van der Waals surface area contributed by atoms with E-state index in [1.807, 2.05) is 12.1 Å². The number of fused-ring (bicyclic) bond motifs is 2. The van der Waals surface area contributed by atoms with Crippen molar-refractivity contribution in [1.82, 2.24) is 13.6 Å². The number of piperidine rings is 1. The van der Waals surface area contributed by atoms with E-state index in [9.17, 15) is 16.8 Å². The van der Waals surface area contributed by atoms with Gasteiger partial charge in [0.05, 0.1) is 15.8 Å². The molecule has 0 radical (unpaired) electrons. The Balaban J connectivity index is 1.19. The van der Waals surface area contributed by atoms with Crippen LogP contribution in [0.1, 0.15) is 51.4 Å². The van der Waals surface area contributed by atoms with Crippen LogP contribution in [0, 0.1) is 0 Å². The zero-order chi connectivity index (χ0) is 26.2. The first-order valence-electron chi connectivity index (χ1n) is 12.7. The van der Waals surface area contributed by atoms with Crippen LogP contribution in [0.2, 0.25) is 10.0 Å². The topological polar surface area (TPSA) is 96.9 Å². The normalized spacial score (nSPS) is 27.0. The predicted molar refractivity (Wildman–Crippen MR) is 143 cm³/mol. The van der Waals surface area contributed by atoms with Gasteiger partial charge in [0, 0.05) is 49.9 Å². The van der Waals surface area contributed by atoms with Crippen molar-refractivity contribution in [3.63, 3.8) is 0 Å². The molecule has 4 atom stereocenters. The van der Waals surface area contributed by atoms with E-state index in [2.05, 4.69) is 4.98 Å². The minimum absolute atomic E-state index is 0.00498. The molecule has 1 aromatic heterocycles. The molecule has 0 spiro atoms. The molecule has 5 rings (SSSR count). The highest BCUT2D eigenvalue weighted by Gasteiger charge is 2.47. The molecular weight excluding hydrogens is 557 g/mol. The van der Waals surface area contributed by atoms with Crippen LogP contribution >= 0.6 is 23.2 Å². The fourth-order valence-electron chi connectivity index (χ4n) is 6.07. The van der Waals surface area contributed by atoms with Crippen molar-refractivity contribution in [2.45, 2.75) is 80.5 Å². The molecule has 37 heavy (non-hydrogen) atoms. The van der Waals surface area contributed by atoms with E-state index in [1.54, 1.807) is 28.8 Å². The summed E-state index contributed by atoms with van der Waals surface area (Å²) in [5, 5.41) is 0.207. The summed E-state index contributed by atoms with van der Waals surface area (Å²) >= 11 is 12.3. The SMILES string of the molecule is O=S(=O)(CCC[C@@H]1CCCN1S(=O)(=O)c1cccc(Cl)c1Cl)N1[C@@H]2CC[C@H]1C[C@@H](Oc1ccncc1)C2. The maximum Gasteiger partial charge on any atom is 0.244 e. The summed E-state index contributed by atoms with van der Waals surface area (Å²) in [6.45, 7) is 0.387. The van der Waals surface area contributed by atoms with Crippen LogP contribution in [0.5, 0.6) is 5.75 Å². The lowest BCUT2D eigenvalue weighted by atomic mass is 10.0. The summed E-state index contributed by atoms with van der Waals surface area (Å²) in [5.74, 6) is 0.767. The smallest absolute Gasteiger partial charge is 0.244 e. The molecule has 3 fully saturated rings. The monoisotopic (exact) mass is 587 g/mol. The number of halogens is 2.